The summed E-state index contributed by atoms with van der Waals surface area (Å²) in [6.07, 6.45) is 0. The molecule has 0 atom stereocenters. The second-order valence-corrected chi connectivity index (χ2v) is 9.06. The Balaban J connectivity index is 1.61. The third-order valence-corrected chi connectivity index (χ3v) is 5.54. The first-order valence-electron chi connectivity index (χ1n) is 10.9. The first kappa shape index (κ1) is 20.1. The first-order valence-corrected chi connectivity index (χ1v) is 10.9. The fraction of sp³-hybridized carbons (Fsp3) is 0.138. The molecule has 0 fully saturated rings. The van der Waals surface area contributed by atoms with E-state index in [2.05, 4.69) is 81.4 Å². The number of hydrogen-bond donors (Lipinski definition) is 0. The van der Waals surface area contributed by atoms with E-state index in [1.807, 2.05) is 36.4 Å². The summed E-state index contributed by atoms with van der Waals surface area (Å²) in [6.45, 7) is 6.39. The molecule has 0 unspecified atom stereocenters. The molecule has 3 nitrogen and oxygen atoms in total. The Labute approximate surface area is 188 Å². The quantitative estimate of drug-likeness (QED) is 0.310. The van der Waals surface area contributed by atoms with Crippen molar-refractivity contribution in [2.75, 3.05) is 0 Å². The maximum absolute atomic E-state index is 4.85. The monoisotopic (exact) mass is 415 g/mol. The van der Waals surface area contributed by atoms with E-state index in [4.69, 9.17) is 15.0 Å². The summed E-state index contributed by atoms with van der Waals surface area (Å²) in [6, 6.07) is 33.6. The van der Waals surface area contributed by atoms with Crippen LogP contribution < -0.4 is 0 Å². The van der Waals surface area contributed by atoms with Gasteiger partial charge < -0.3 is 0 Å². The van der Waals surface area contributed by atoms with Gasteiger partial charge in [-0.05, 0) is 34.0 Å². The highest BCUT2D eigenvalue weighted by Gasteiger charge is 2.21. The van der Waals surface area contributed by atoms with Gasteiger partial charge in [0, 0.05) is 16.5 Å². The Kier molecular flexibility index (Phi) is 5.02. The van der Waals surface area contributed by atoms with Crippen LogP contribution in [0.2, 0.25) is 0 Å². The number of benzene rings is 4. The second-order valence-electron chi connectivity index (χ2n) is 9.06. The minimum atomic E-state index is -0.178. The fourth-order valence-electron chi connectivity index (χ4n) is 3.75. The first-order chi connectivity index (χ1) is 15.5. The van der Waals surface area contributed by atoms with Crippen LogP contribution in [0.1, 0.15) is 26.6 Å². The highest BCUT2D eigenvalue weighted by atomic mass is 15.0. The maximum atomic E-state index is 4.85. The smallest absolute Gasteiger partial charge is 0.163 e. The summed E-state index contributed by atoms with van der Waals surface area (Å²) in [4.78, 5) is 14.5. The third-order valence-electron chi connectivity index (χ3n) is 5.54. The zero-order valence-electron chi connectivity index (χ0n) is 18.6. The van der Waals surface area contributed by atoms with Crippen LogP contribution in [0.25, 0.3) is 44.7 Å². The summed E-state index contributed by atoms with van der Waals surface area (Å²) < 4.78 is 0. The Morgan fingerprint density at radius 3 is 1.56 bits per heavy atom. The lowest BCUT2D eigenvalue weighted by molar-refractivity contribution is 0.543. The van der Waals surface area contributed by atoms with Gasteiger partial charge in [-0.3, -0.25) is 0 Å². The van der Waals surface area contributed by atoms with Crippen molar-refractivity contribution in [3.63, 3.8) is 0 Å². The minimum Gasteiger partial charge on any atom is -0.212 e. The normalized spacial score (nSPS) is 11.6. The van der Waals surface area contributed by atoms with Gasteiger partial charge in [0.05, 0.1) is 0 Å². The van der Waals surface area contributed by atoms with Crippen molar-refractivity contribution in [3.8, 4) is 33.9 Å². The summed E-state index contributed by atoms with van der Waals surface area (Å²) in [7, 11) is 0. The van der Waals surface area contributed by atoms with Crippen molar-refractivity contribution in [2.45, 2.75) is 26.2 Å². The molecular formula is C29H25N3. The lowest BCUT2D eigenvalue weighted by atomic mass is 9.95. The molecule has 156 valence electrons. The molecule has 0 bridgehead atoms. The number of nitrogens with zero attached hydrogens (tertiary/aromatic N) is 3. The molecule has 0 spiro atoms. The highest BCUT2D eigenvalue weighted by Crippen LogP contribution is 2.29. The lowest BCUT2D eigenvalue weighted by Crippen LogP contribution is -2.18. The molecule has 1 heterocycles. The minimum absolute atomic E-state index is 0.178. The number of aromatic nitrogens is 3. The summed E-state index contributed by atoms with van der Waals surface area (Å²) in [5.41, 5.74) is 4.25. The van der Waals surface area contributed by atoms with E-state index in [1.165, 1.54) is 21.9 Å². The molecular weight excluding hydrogens is 390 g/mol. The molecule has 0 amide bonds. The molecule has 0 saturated carbocycles. The molecule has 5 aromatic rings. The Hall–Kier alpha value is -3.85. The predicted molar refractivity (Wildman–Crippen MR) is 132 cm³/mol. The van der Waals surface area contributed by atoms with Crippen LogP contribution in [-0.4, -0.2) is 15.0 Å². The van der Waals surface area contributed by atoms with Gasteiger partial charge in [0.25, 0.3) is 0 Å². The van der Waals surface area contributed by atoms with E-state index in [9.17, 15) is 0 Å². The molecule has 32 heavy (non-hydrogen) atoms. The number of rotatable bonds is 3. The van der Waals surface area contributed by atoms with Crippen molar-refractivity contribution in [2.24, 2.45) is 0 Å². The number of fused-ring (bicyclic) bond motifs is 1. The van der Waals surface area contributed by atoms with Crippen molar-refractivity contribution in [1.82, 2.24) is 15.0 Å². The Morgan fingerprint density at radius 2 is 0.969 bits per heavy atom. The number of hydrogen-bond acceptors (Lipinski definition) is 3. The predicted octanol–water partition coefficient (Wildman–Crippen LogP) is 7.32. The molecule has 3 heteroatoms. The van der Waals surface area contributed by atoms with E-state index in [0.717, 1.165) is 17.0 Å². The fourth-order valence-corrected chi connectivity index (χ4v) is 3.75. The van der Waals surface area contributed by atoms with Gasteiger partial charge in [0.1, 0.15) is 5.82 Å². The zero-order valence-corrected chi connectivity index (χ0v) is 18.6. The van der Waals surface area contributed by atoms with Gasteiger partial charge in [-0.2, -0.15) is 0 Å². The van der Waals surface area contributed by atoms with Gasteiger partial charge in [-0.25, -0.2) is 15.0 Å². The van der Waals surface area contributed by atoms with Crippen molar-refractivity contribution >= 4 is 10.8 Å². The summed E-state index contributed by atoms with van der Waals surface area (Å²) in [5, 5.41) is 2.37. The molecule has 0 aliphatic heterocycles. The molecule has 0 aliphatic rings. The molecule has 0 N–H and O–H groups in total. The average molecular weight is 416 g/mol. The van der Waals surface area contributed by atoms with Crippen LogP contribution in [-0.2, 0) is 5.41 Å². The van der Waals surface area contributed by atoms with Crippen LogP contribution in [0.15, 0.2) is 97.1 Å². The van der Waals surface area contributed by atoms with E-state index >= 15 is 0 Å². The molecule has 5 rings (SSSR count). The van der Waals surface area contributed by atoms with Crippen molar-refractivity contribution in [1.29, 1.82) is 0 Å². The third kappa shape index (κ3) is 4.02. The largest absolute Gasteiger partial charge is 0.212 e. The molecule has 0 aliphatic carbocycles. The van der Waals surface area contributed by atoms with E-state index in [-0.39, 0.29) is 5.41 Å². The van der Waals surface area contributed by atoms with Gasteiger partial charge >= 0.3 is 0 Å². The zero-order chi connectivity index (χ0) is 22.1. The average Bonchev–Trinajstić information content (AvgIpc) is 2.83. The maximum Gasteiger partial charge on any atom is 0.163 e. The Morgan fingerprint density at radius 1 is 0.469 bits per heavy atom. The van der Waals surface area contributed by atoms with Crippen LogP contribution in [0, 0.1) is 0 Å². The van der Waals surface area contributed by atoms with Crippen LogP contribution in [0.5, 0.6) is 0 Å². The van der Waals surface area contributed by atoms with Crippen LogP contribution in [0.4, 0.5) is 0 Å². The SMILES string of the molecule is CC(C)(C)c1nc(-c2ccccc2)nc(-c2ccc3cc(-c4ccccc4)ccc3c2)n1. The summed E-state index contributed by atoms with van der Waals surface area (Å²) in [5.74, 6) is 2.21. The van der Waals surface area contributed by atoms with Gasteiger partial charge in [0.15, 0.2) is 11.6 Å². The Bertz CT molecular complexity index is 1390. The molecule has 0 saturated heterocycles. The highest BCUT2D eigenvalue weighted by molar-refractivity contribution is 5.90. The van der Waals surface area contributed by atoms with Crippen molar-refractivity contribution in [3.05, 3.63) is 103 Å². The second kappa shape index (κ2) is 8.01. The van der Waals surface area contributed by atoms with E-state index in [0.29, 0.717) is 11.6 Å². The van der Waals surface area contributed by atoms with Crippen LogP contribution >= 0.6 is 0 Å². The molecule has 0 radical (unpaired) electrons. The van der Waals surface area contributed by atoms with Crippen molar-refractivity contribution < 1.29 is 0 Å². The van der Waals surface area contributed by atoms with E-state index < -0.39 is 0 Å². The van der Waals surface area contributed by atoms with E-state index in [1.54, 1.807) is 0 Å². The lowest BCUT2D eigenvalue weighted by Gasteiger charge is -2.18. The van der Waals surface area contributed by atoms with Gasteiger partial charge in [-0.1, -0.05) is 106 Å². The topological polar surface area (TPSA) is 38.7 Å². The standard InChI is InChI=1S/C29H25N3/c1-29(2,3)28-31-26(21-12-8-5-9-13-21)30-27(32-28)25-17-16-23-18-22(14-15-24(23)19-25)20-10-6-4-7-11-20/h4-19H,1-3H3. The van der Waals surface area contributed by atoms with Crippen LogP contribution in [0.3, 0.4) is 0 Å². The molecule has 4 aromatic carbocycles. The van der Waals surface area contributed by atoms with Gasteiger partial charge in [-0.15, -0.1) is 0 Å². The van der Waals surface area contributed by atoms with Gasteiger partial charge in [0.2, 0.25) is 0 Å². The molecule has 1 aromatic heterocycles. The summed E-state index contributed by atoms with van der Waals surface area (Å²) >= 11 is 0.